The van der Waals surface area contributed by atoms with E-state index in [0.29, 0.717) is 0 Å². The lowest BCUT2D eigenvalue weighted by molar-refractivity contribution is 1.28. The van der Waals surface area contributed by atoms with Crippen molar-refractivity contribution in [2.75, 3.05) is 4.90 Å². The molecule has 0 spiro atoms. The molecule has 398 valence electrons. The van der Waals surface area contributed by atoms with Gasteiger partial charge in [0.25, 0.3) is 0 Å². The van der Waals surface area contributed by atoms with Crippen molar-refractivity contribution in [2.24, 2.45) is 0 Å². The van der Waals surface area contributed by atoms with Gasteiger partial charge in [0, 0.05) is 17.1 Å². The number of benzene rings is 15. The first kappa shape index (κ1) is 50.8. The zero-order valence-corrected chi connectivity index (χ0v) is 46.9. The third-order valence-corrected chi connectivity index (χ3v) is 16.9. The summed E-state index contributed by atoms with van der Waals surface area (Å²) in [6.07, 6.45) is 0. The Bertz CT molecular complexity index is 4390. The summed E-state index contributed by atoms with van der Waals surface area (Å²) in [6.45, 7) is 0. The normalized spacial score (nSPS) is 11.3. The van der Waals surface area contributed by atoms with Crippen molar-refractivity contribution in [3.63, 3.8) is 0 Å². The SMILES string of the molecule is c1ccc(-c2ccc(-c3ccc4ccccc4c3)cc2-c2ccc(N(c3ccc(-c4cc(-c5ccc6ccccc6c5)ccc4-c4ccccc4)cc3)c3ccc(-c4cc(-c5ccc6ccccc6c5)ccc4-c4ccccc4)cc3)cc2)cc1. The minimum Gasteiger partial charge on any atom is -0.311 e. The molecule has 0 heterocycles. The molecule has 15 aromatic rings. The van der Waals surface area contributed by atoms with Crippen LogP contribution in [0.5, 0.6) is 0 Å². The average molecular weight is 1080 g/mol. The monoisotopic (exact) mass is 1080 g/mol. The Morgan fingerprint density at radius 2 is 0.341 bits per heavy atom. The molecule has 0 fully saturated rings. The molecular weight excluding hydrogens is 1020 g/mol. The van der Waals surface area contributed by atoms with Crippen LogP contribution < -0.4 is 4.90 Å². The first-order chi connectivity index (χ1) is 42.1. The van der Waals surface area contributed by atoms with Gasteiger partial charge in [-0.15, -0.1) is 0 Å². The van der Waals surface area contributed by atoms with Gasteiger partial charge in [-0.05, 0) is 205 Å². The van der Waals surface area contributed by atoms with Crippen LogP contribution in [0.25, 0.3) is 132 Å². The Balaban J connectivity index is 0.851. The number of rotatable bonds is 12. The zero-order chi connectivity index (χ0) is 56.5. The molecule has 0 saturated heterocycles. The molecule has 0 aliphatic rings. The summed E-state index contributed by atoms with van der Waals surface area (Å²) < 4.78 is 0. The molecule has 0 amide bonds. The highest BCUT2D eigenvalue weighted by Gasteiger charge is 2.19. The van der Waals surface area contributed by atoms with Gasteiger partial charge in [-0.3, -0.25) is 0 Å². The summed E-state index contributed by atoms with van der Waals surface area (Å²) in [7, 11) is 0. The third kappa shape index (κ3) is 10.2. The maximum atomic E-state index is 2.40. The van der Waals surface area contributed by atoms with Gasteiger partial charge in [0.15, 0.2) is 0 Å². The van der Waals surface area contributed by atoms with E-state index in [1.165, 1.54) is 116 Å². The second-order valence-corrected chi connectivity index (χ2v) is 22.0. The molecule has 1 nitrogen and oxygen atoms in total. The topological polar surface area (TPSA) is 3.24 Å². The lowest BCUT2D eigenvalue weighted by Gasteiger charge is -2.26. The predicted molar refractivity (Wildman–Crippen MR) is 363 cm³/mol. The van der Waals surface area contributed by atoms with Crippen molar-refractivity contribution in [3.8, 4) is 100 Å². The molecule has 0 aromatic heterocycles. The largest absolute Gasteiger partial charge is 0.311 e. The number of hydrogen-bond donors (Lipinski definition) is 0. The first-order valence-corrected chi connectivity index (χ1v) is 29.3. The fraction of sp³-hybridized carbons (Fsp3) is 0. The molecule has 0 N–H and O–H groups in total. The van der Waals surface area contributed by atoms with Crippen molar-refractivity contribution in [1.82, 2.24) is 0 Å². The molecule has 0 atom stereocenters. The maximum absolute atomic E-state index is 2.40. The van der Waals surface area contributed by atoms with E-state index in [-0.39, 0.29) is 0 Å². The fourth-order valence-electron chi connectivity index (χ4n) is 12.4. The molecule has 15 rings (SSSR count). The van der Waals surface area contributed by atoms with Gasteiger partial charge >= 0.3 is 0 Å². The van der Waals surface area contributed by atoms with Crippen LogP contribution in [0.15, 0.2) is 346 Å². The zero-order valence-electron chi connectivity index (χ0n) is 46.9. The van der Waals surface area contributed by atoms with Crippen LogP contribution in [0.1, 0.15) is 0 Å². The Labute approximate surface area is 497 Å². The second kappa shape index (κ2) is 22.3. The predicted octanol–water partition coefficient (Wildman–Crippen LogP) is 23.6. The van der Waals surface area contributed by atoms with Crippen molar-refractivity contribution in [1.29, 1.82) is 0 Å². The van der Waals surface area contributed by atoms with Crippen molar-refractivity contribution in [3.05, 3.63) is 346 Å². The van der Waals surface area contributed by atoms with E-state index in [9.17, 15) is 0 Å². The van der Waals surface area contributed by atoms with Crippen molar-refractivity contribution >= 4 is 49.4 Å². The lowest BCUT2D eigenvalue weighted by atomic mass is 9.90. The summed E-state index contributed by atoms with van der Waals surface area (Å²) >= 11 is 0. The molecule has 15 aromatic carbocycles. The highest BCUT2D eigenvalue weighted by atomic mass is 15.1. The number of nitrogens with zero attached hydrogens (tertiary/aromatic N) is 1. The van der Waals surface area contributed by atoms with Gasteiger partial charge in [0.1, 0.15) is 0 Å². The van der Waals surface area contributed by atoms with Gasteiger partial charge in [0.05, 0.1) is 0 Å². The molecule has 1 heteroatoms. The van der Waals surface area contributed by atoms with E-state index in [1.54, 1.807) is 0 Å². The van der Waals surface area contributed by atoms with E-state index in [2.05, 4.69) is 351 Å². The Hall–Kier alpha value is -11.1. The summed E-state index contributed by atoms with van der Waals surface area (Å²) in [5.74, 6) is 0. The van der Waals surface area contributed by atoms with E-state index < -0.39 is 0 Å². The van der Waals surface area contributed by atoms with Crippen LogP contribution in [0.2, 0.25) is 0 Å². The third-order valence-electron chi connectivity index (χ3n) is 16.9. The van der Waals surface area contributed by atoms with Crippen LogP contribution in [-0.2, 0) is 0 Å². The van der Waals surface area contributed by atoms with Gasteiger partial charge in [-0.25, -0.2) is 0 Å². The highest BCUT2D eigenvalue weighted by molar-refractivity contribution is 5.96. The van der Waals surface area contributed by atoms with E-state index in [0.717, 1.165) is 33.8 Å². The minimum absolute atomic E-state index is 1.06. The molecule has 0 radical (unpaired) electrons. The summed E-state index contributed by atoms with van der Waals surface area (Å²) in [4.78, 5) is 2.40. The Kier molecular flexibility index (Phi) is 13.3. The van der Waals surface area contributed by atoms with Crippen LogP contribution in [0.4, 0.5) is 17.1 Å². The quantitative estimate of drug-likeness (QED) is 0.118. The van der Waals surface area contributed by atoms with Crippen molar-refractivity contribution in [2.45, 2.75) is 0 Å². The highest BCUT2D eigenvalue weighted by Crippen LogP contribution is 2.44. The summed E-state index contributed by atoms with van der Waals surface area (Å²) in [5.41, 5.74) is 24.4. The van der Waals surface area contributed by atoms with Gasteiger partial charge < -0.3 is 4.90 Å². The van der Waals surface area contributed by atoms with E-state index in [1.807, 2.05) is 0 Å². The molecule has 85 heavy (non-hydrogen) atoms. The number of anilines is 3. The minimum atomic E-state index is 1.06. The van der Waals surface area contributed by atoms with Gasteiger partial charge in [0.2, 0.25) is 0 Å². The van der Waals surface area contributed by atoms with Crippen LogP contribution in [0.3, 0.4) is 0 Å². The van der Waals surface area contributed by atoms with E-state index >= 15 is 0 Å². The van der Waals surface area contributed by atoms with Crippen LogP contribution in [-0.4, -0.2) is 0 Å². The maximum Gasteiger partial charge on any atom is 0.0462 e. The van der Waals surface area contributed by atoms with Crippen LogP contribution >= 0.6 is 0 Å². The molecule has 0 aliphatic carbocycles. The molecule has 0 unspecified atom stereocenters. The Morgan fingerprint density at radius 3 is 0.624 bits per heavy atom. The van der Waals surface area contributed by atoms with Crippen molar-refractivity contribution < 1.29 is 0 Å². The Morgan fingerprint density at radius 1 is 0.129 bits per heavy atom. The second-order valence-electron chi connectivity index (χ2n) is 22.0. The van der Waals surface area contributed by atoms with E-state index in [4.69, 9.17) is 0 Å². The fourth-order valence-corrected chi connectivity index (χ4v) is 12.4. The standard InChI is InChI=1S/C84H57N/c1-4-19-61(20-5-1)79-49-40-73(70-31-28-58-16-10-13-25-67(58)52-70)55-82(79)64-34-43-76(44-35-64)85(77-45-36-65(37-46-77)83-56-74(41-50-80(83)62-21-6-2-7-22-62)71-32-29-59-17-11-14-26-68(59)53-71)78-47-38-66(39-48-78)84-57-75(42-51-81(84)63-23-8-3-9-24-63)72-33-30-60-18-12-15-27-69(60)54-72/h1-57H. The lowest BCUT2D eigenvalue weighted by Crippen LogP contribution is -2.10. The van der Waals surface area contributed by atoms with Crippen LogP contribution in [0, 0.1) is 0 Å². The summed E-state index contributed by atoms with van der Waals surface area (Å²) in [6, 6.07) is 127. The first-order valence-electron chi connectivity index (χ1n) is 29.3. The molecule has 0 saturated carbocycles. The summed E-state index contributed by atoms with van der Waals surface area (Å²) in [5, 5.41) is 7.42. The number of fused-ring (bicyclic) bond motifs is 3. The van der Waals surface area contributed by atoms with Gasteiger partial charge in [-0.2, -0.15) is 0 Å². The molecule has 0 aliphatic heterocycles. The van der Waals surface area contributed by atoms with Gasteiger partial charge in [-0.1, -0.05) is 273 Å². The molecular formula is C84H57N. The molecule has 0 bridgehead atoms. The average Bonchev–Trinajstić information content (AvgIpc) is 3.77. The smallest absolute Gasteiger partial charge is 0.0462 e. The number of hydrogen-bond acceptors (Lipinski definition) is 1.